The first kappa shape index (κ1) is 15.9. The summed E-state index contributed by atoms with van der Waals surface area (Å²) in [5.74, 6) is 0.769. The number of hydrogen-bond acceptors (Lipinski definition) is 7. The number of esters is 1. The van der Waals surface area contributed by atoms with E-state index in [-0.39, 0.29) is 24.5 Å². The molecule has 0 bridgehead atoms. The maximum absolute atomic E-state index is 12.4. The fraction of sp³-hybridized carbons (Fsp3) is 0.250. The molecule has 1 aliphatic heterocycles. The molecule has 3 aromatic rings. The molecule has 0 atom stereocenters. The minimum absolute atomic E-state index is 0.121. The Morgan fingerprint density at radius 3 is 2.77 bits per heavy atom. The van der Waals surface area contributed by atoms with Gasteiger partial charge in [-0.25, -0.2) is 14.6 Å². The summed E-state index contributed by atoms with van der Waals surface area (Å²) in [4.78, 5) is 40.6. The molecule has 0 radical (unpaired) electrons. The van der Waals surface area contributed by atoms with Crippen LogP contribution in [-0.2, 0) is 25.4 Å². The molecule has 0 unspecified atom stereocenters. The topological polar surface area (TPSA) is 107 Å². The molecule has 0 saturated carbocycles. The second-order valence-electron chi connectivity index (χ2n) is 5.74. The first-order valence-electron chi connectivity index (χ1n) is 7.67. The van der Waals surface area contributed by atoms with Gasteiger partial charge in [0.05, 0.1) is 6.33 Å². The van der Waals surface area contributed by atoms with Crippen LogP contribution >= 0.6 is 0 Å². The number of nitrogens with zero attached hydrogens (tertiary/aromatic N) is 4. The molecular formula is C16H14N4O6. The predicted octanol–water partition coefficient (Wildman–Crippen LogP) is -0.232. The van der Waals surface area contributed by atoms with Crippen molar-refractivity contribution in [2.75, 3.05) is 6.79 Å². The summed E-state index contributed by atoms with van der Waals surface area (Å²) in [5.41, 5.74) is -0.668. The van der Waals surface area contributed by atoms with E-state index in [0.29, 0.717) is 17.2 Å². The number of rotatable bonds is 3. The molecular weight excluding hydrogens is 344 g/mol. The highest BCUT2D eigenvalue weighted by molar-refractivity contribution is 5.76. The average molecular weight is 358 g/mol. The molecule has 0 aliphatic carbocycles. The molecule has 0 fully saturated rings. The van der Waals surface area contributed by atoms with Crippen LogP contribution in [0.15, 0.2) is 34.1 Å². The van der Waals surface area contributed by atoms with Gasteiger partial charge in [-0.15, -0.1) is 0 Å². The van der Waals surface area contributed by atoms with Gasteiger partial charge in [0.25, 0.3) is 5.56 Å². The van der Waals surface area contributed by atoms with Crippen molar-refractivity contribution in [1.82, 2.24) is 18.7 Å². The van der Waals surface area contributed by atoms with Crippen molar-refractivity contribution in [3.8, 4) is 17.2 Å². The molecule has 0 N–H and O–H groups in total. The molecule has 134 valence electrons. The lowest BCUT2D eigenvalue weighted by atomic mass is 10.3. The number of carbonyl (C=O) groups is 1. The number of aryl methyl sites for hydroxylation is 1. The molecule has 1 aromatic carbocycles. The first-order chi connectivity index (χ1) is 12.5. The van der Waals surface area contributed by atoms with Gasteiger partial charge in [-0.2, -0.15) is 0 Å². The van der Waals surface area contributed by atoms with E-state index in [1.54, 1.807) is 18.2 Å². The highest BCUT2D eigenvalue weighted by Crippen LogP contribution is 2.35. The van der Waals surface area contributed by atoms with E-state index in [1.165, 1.54) is 29.6 Å². The first-order valence-corrected chi connectivity index (χ1v) is 7.67. The Kier molecular flexibility index (Phi) is 3.53. The van der Waals surface area contributed by atoms with E-state index in [0.717, 1.165) is 4.57 Å². The van der Waals surface area contributed by atoms with Crippen LogP contribution in [0.1, 0.15) is 0 Å². The zero-order chi connectivity index (χ0) is 18.4. The second-order valence-corrected chi connectivity index (χ2v) is 5.74. The van der Waals surface area contributed by atoms with Gasteiger partial charge in [0.1, 0.15) is 12.3 Å². The standard InChI is InChI=1S/C16H14N4O6/c1-18-14-13(15(22)19(2)16(18)23)20(7-17-14)6-12(21)26-9-3-4-10-11(5-9)25-8-24-10/h3-5,7H,6,8H2,1-2H3. The van der Waals surface area contributed by atoms with Crippen molar-refractivity contribution in [3.63, 3.8) is 0 Å². The van der Waals surface area contributed by atoms with Crippen LogP contribution in [0, 0.1) is 0 Å². The van der Waals surface area contributed by atoms with Crippen molar-refractivity contribution in [3.05, 3.63) is 45.4 Å². The van der Waals surface area contributed by atoms with Crippen LogP contribution < -0.4 is 25.5 Å². The van der Waals surface area contributed by atoms with E-state index in [2.05, 4.69) is 4.98 Å². The number of imidazole rings is 1. The summed E-state index contributed by atoms with van der Waals surface area (Å²) in [6.07, 6.45) is 1.33. The lowest BCUT2D eigenvalue weighted by molar-refractivity contribution is -0.135. The lowest BCUT2D eigenvalue weighted by Crippen LogP contribution is -2.37. The summed E-state index contributed by atoms with van der Waals surface area (Å²) in [7, 11) is 2.87. The third kappa shape index (κ3) is 2.42. The molecule has 1 aliphatic rings. The SMILES string of the molecule is Cn1c(=O)c2c(ncn2CC(=O)Oc2ccc3c(c2)OCO3)n(C)c1=O. The van der Waals surface area contributed by atoms with Gasteiger partial charge in [0, 0.05) is 20.2 Å². The van der Waals surface area contributed by atoms with E-state index in [1.807, 2.05) is 0 Å². The van der Waals surface area contributed by atoms with E-state index < -0.39 is 17.2 Å². The quantitative estimate of drug-likeness (QED) is 0.470. The molecule has 0 amide bonds. The second kappa shape index (κ2) is 5.76. The van der Waals surface area contributed by atoms with Gasteiger partial charge in [-0.1, -0.05) is 0 Å². The molecule has 0 spiro atoms. The van der Waals surface area contributed by atoms with Gasteiger partial charge in [-0.05, 0) is 12.1 Å². The fourth-order valence-electron chi connectivity index (χ4n) is 2.76. The largest absolute Gasteiger partial charge is 0.454 e. The maximum Gasteiger partial charge on any atom is 0.332 e. The molecule has 0 saturated heterocycles. The highest BCUT2D eigenvalue weighted by atomic mass is 16.7. The molecule has 10 nitrogen and oxygen atoms in total. The van der Waals surface area contributed by atoms with Crippen LogP contribution in [-0.4, -0.2) is 31.4 Å². The Morgan fingerprint density at radius 2 is 1.96 bits per heavy atom. The minimum atomic E-state index is -0.598. The van der Waals surface area contributed by atoms with Crippen LogP contribution in [0.2, 0.25) is 0 Å². The number of aromatic nitrogens is 4. The maximum atomic E-state index is 12.4. The molecule has 26 heavy (non-hydrogen) atoms. The van der Waals surface area contributed by atoms with Crippen molar-refractivity contribution in [2.24, 2.45) is 14.1 Å². The van der Waals surface area contributed by atoms with Gasteiger partial charge < -0.3 is 18.8 Å². The van der Waals surface area contributed by atoms with Crippen LogP contribution in [0.3, 0.4) is 0 Å². The zero-order valence-electron chi connectivity index (χ0n) is 14.0. The predicted molar refractivity (Wildman–Crippen MR) is 88.4 cm³/mol. The fourth-order valence-corrected chi connectivity index (χ4v) is 2.76. The van der Waals surface area contributed by atoms with Crippen LogP contribution in [0.5, 0.6) is 17.2 Å². The Labute approximate surface area is 145 Å². The summed E-state index contributed by atoms with van der Waals surface area (Å²) < 4.78 is 19.3. The molecule has 3 heterocycles. The van der Waals surface area contributed by atoms with Gasteiger partial charge in [0.2, 0.25) is 6.79 Å². The number of carbonyl (C=O) groups excluding carboxylic acids is 1. The van der Waals surface area contributed by atoms with E-state index in [9.17, 15) is 14.4 Å². The third-order valence-electron chi connectivity index (χ3n) is 4.09. The average Bonchev–Trinajstić information content (AvgIpc) is 3.24. The van der Waals surface area contributed by atoms with Crippen molar-refractivity contribution in [1.29, 1.82) is 0 Å². The van der Waals surface area contributed by atoms with Crippen LogP contribution in [0.25, 0.3) is 11.2 Å². The minimum Gasteiger partial charge on any atom is -0.454 e. The number of ether oxygens (including phenoxy) is 3. The van der Waals surface area contributed by atoms with Gasteiger partial charge >= 0.3 is 11.7 Å². The summed E-state index contributed by atoms with van der Waals surface area (Å²) in [5, 5.41) is 0. The molecule has 4 rings (SSSR count). The number of fused-ring (bicyclic) bond motifs is 2. The Balaban J connectivity index is 1.62. The Morgan fingerprint density at radius 1 is 1.19 bits per heavy atom. The lowest BCUT2D eigenvalue weighted by Gasteiger charge is -2.07. The zero-order valence-corrected chi connectivity index (χ0v) is 14.0. The van der Waals surface area contributed by atoms with Crippen LogP contribution in [0.4, 0.5) is 0 Å². The highest BCUT2D eigenvalue weighted by Gasteiger charge is 2.18. The summed E-state index contributed by atoms with van der Waals surface area (Å²) in [6, 6.07) is 4.78. The Bertz CT molecular complexity index is 1160. The smallest absolute Gasteiger partial charge is 0.332 e. The number of hydrogen-bond donors (Lipinski definition) is 0. The summed E-state index contributed by atoms with van der Waals surface area (Å²) >= 11 is 0. The summed E-state index contributed by atoms with van der Waals surface area (Å²) in [6.45, 7) is -0.117. The van der Waals surface area contributed by atoms with Crippen molar-refractivity contribution < 1.29 is 19.0 Å². The Hall–Kier alpha value is -3.56. The van der Waals surface area contributed by atoms with Gasteiger partial charge in [0.15, 0.2) is 22.7 Å². The molecule has 10 heteroatoms. The van der Waals surface area contributed by atoms with E-state index in [4.69, 9.17) is 14.2 Å². The van der Waals surface area contributed by atoms with Crippen molar-refractivity contribution in [2.45, 2.75) is 6.54 Å². The monoisotopic (exact) mass is 358 g/mol. The molecule has 2 aromatic heterocycles. The third-order valence-corrected chi connectivity index (χ3v) is 4.09. The van der Waals surface area contributed by atoms with Crippen molar-refractivity contribution >= 4 is 17.1 Å². The van der Waals surface area contributed by atoms with Gasteiger partial charge in [-0.3, -0.25) is 13.9 Å². The normalized spacial score (nSPS) is 12.5. The van der Waals surface area contributed by atoms with E-state index >= 15 is 0 Å². The number of benzene rings is 1.